The van der Waals surface area contributed by atoms with E-state index in [1.165, 1.54) is 0 Å². The maximum atomic E-state index is 12.5. The van der Waals surface area contributed by atoms with E-state index >= 15 is 0 Å². The molecule has 1 atom stereocenters. The maximum Gasteiger partial charge on any atom is 0.228 e. The number of likely N-dealkylation sites (tertiary alicyclic amines) is 2. The predicted octanol–water partition coefficient (Wildman–Crippen LogP) is -0.107. The van der Waals surface area contributed by atoms with Gasteiger partial charge < -0.3 is 14.7 Å². The van der Waals surface area contributed by atoms with Gasteiger partial charge in [-0.1, -0.05) is 6.07 Å². The summed E-state index contributed by atoms with van der Waals surface area (Å²) in [6.45, 7) is 6.14. The molecule has 3 aliphatic heterocycles. The van der Waals surface area contributed by atoms with Crippen LogP contribution in [0.15, 0.2) is 24.4 Å². The van der Waals surface area contributed by atoms with E-state index in [1.807, 2.05) is 23.2 Å². The molecule has 7 nitrogen and oxygen atoms in total. The van der Waals surface area contributed by atoms with Crippen LogP contribution in [0.4, 0.5) is 5.82 Å². The van der Waals surface area contributed by atoms with Crippen LogP contribution in [0, 0.1) is 5.92 Å². The number of rotatable bonds is 3. The number of aromatic nitrogens is 1. The molecule has 1 unspecified atom stereocenters. The van der Waals surface area contributed by atoms with Crippen LogP contribution in [0.3, 0.4) is 0 Å². The SMILES string of the molecule is CN1CC(C(=O)N2CC(N3CCN(c4ccccn4)CC3)C2)CC1=O. The number of nitrogens with zero attached hydrogens (tertiary/aromatic N) is 5. The van der Waals surface area contributed by atoms with Crippen molar-refractivity contribution >= 4 is 17.6 Å². The van der Waals surface area contributed by atoms with E-state index in [0.29, 0.717) is 19.0 Å². The summed E-state index contributed by atoms with van der Waals surface area (Å²) >= 11 is 0. The topological polar surface area (TPSA) is 60.0 Å². The smallest absolute Gasteiger partial charge is 0.228 e. The van der Waals surface area contributed by atoms with Crippen LogP contribution in [-0.2, 0) is 9.59 Å². The lowest BCUT2D eigenvalue weighted by Crippen LogP contribution is -2.65. The van der Waals surface area contributed by atoms with Gasteiger partial charge in [-0.15, -0.1) is 0 Å². The summed E-state index contributed by atoms with van der Waals surface area (Å²) in [6, 6.07) is 6.48. The van der Waals surface area contributed by atoms with Crippen LogP contribution in [-0.4, -0.2) is 90.4 Å². The van der Waals surface area contributed by atoms with Gasteiger partial charge in [0.15, 0.2) is 0 Å². The number of amides is 2. The van der Waals surface area contributed by atoms with E-state index in [9.17, 15) is 9.59 Å². The Morgan fingerprint density at radius 1 is 1.12 bits per heavy atom. The lowest BCUT2D eigenvalue weighted by atomic mass is 10.0. The van der Waals surface area contributed by atoms with Crippen LogP contribution >= 0.6 is 0 Å². The van der Waals surface area contributed by atoms with Crippen LogP contribution < -0.4 is 4.90 Å². The van der Waals surface area contributed by atoms with Gasteiger partial charge in [0.2, 0.25) is 11.8 Å². The second-order valence-corrected chi connectivity index (χ2v) is 7.28. The Balaban J connectivity index is 1.24. The molecule has 3 saturated heterocycles. The molecule has 0 spiro atoms. The largest absolute Gasteiger partial charge is 0.354 e. The van der Waals surface area contributed by atoms with E-state index in [2.05, 4.69) is 20.9 Å². The minimum atomic E-state index is -0.139. The van der Waals surface area contributed by atoms with Gasteiger partial charge in [-0.25, -0.2) is 4.98 Å². The van der Waals surface area contributed by atoms with Crippen molar-refractivity contribution in [2.45, 2.75) is 12.5 Å². The van der Waals surface area contributed by atoms with Gasteiger partial charge in [0, 0.05) is 71.5 Å². The predicted molar refractivity (Wildman–Crippen MR) is 94.1 cm³/mol. The second kappa shape index (κ2) is 6.63. The van der Waals surface area contributed by atoms with Gasteiger partial charge in [0.05, 0.1) is 5.92 Å². The molecule has 134 valence electrons. The fraction of sp³-hybridized carbons (Fsp3) is 0.611. The van der Waals surface area contributed by atoms with Crippen LogP contribution in [0.1, 0.15) is 6.42 Å². The third-order valence-electron chi connectivity index (χ3n) is 5.67. The third kappa shape index (κ3) is 3.20. The van der Waals surface area contributed by atoms with Crippen LogP contribution in [0.2, 0.25) is 0 Å². The highest BCUT2D eigenvalue weighted by Crippen LogP contribution is 2.24. The number of piperazine rings is 1. The fourth-order valence-corrected chi connectivity index (χ4v) is 4.01. The number of carbonyl (C=O) groups is 2. The van der Waals surface area contributed by atoms with Crippen molar-refractivity contribution in [3.8, 4) is 0 Å². The standard InChI is InChI=1S/C18H25N5O2/c1-20-11-14(10-17(20)24)18(25)23-12-15(13-23)21-6-8-22(9-7-21)16-4-2-3-5-19-16/h2-5,14-15H,6-13H2,1H3. The summed E-state index contributed by atoms with van der Waals surface area (Å²) in [5.74, 6) is 1.14. The van der Waals surface area contributed by atoms with E-state index < -0.39 is 0 Å². The average molecular weight is 343 g/mol. The molecule has 7 heteroatoms. The molecule has 3 aliphatic rings. The molecule has 1 aromatic rings. The molecule has 4 heterocycles. The maximum absolute atomic E-state index is 12.5. The molecule has 0 saturated carbocycles. The first-order chi connectivity index (χ1) is 12.1. The number of anilines is 1. The van der Waals surface area contributed by atoms with Gasteiger partial charge in [0.1, 0.15) is 5.82 Å². The van der Waals surface area contributed by atoms with E-state index in [4.69, 9.17) is 0 Å². The summed E-state index contributed by atoms with van der Waals surface area (Å²) in [7, 11) is 1.77. The van der Waals surface area contributed by atoms with Crippen molar-refractivity contribution in [3.05, 3.63) is 24.4 Å². The average Bonchev–Trinajstić information content (AvgIpc) is 2.94. The normalized spacial score (nSPS) is 25.4. The first-order valence-electron chi connectivity index (χ1n) is 9.04. The lowest BCUT2D eigenvalue weighted by Gasteiger charge is -2.48. The molecule has 0 radical (unpaired) electrons. The zero-order valence-electron chi connectivity index (χ0n) is 14.7. The Bertz CT molecular complexity index is 638. The monoisotopic (exact) mass is 343 g/mol. The molecule has 0 N–H and O–H groups in total. The molecule has 0 aromatic carbocycles. The number of pyridine rings is 1. The molecule has 0 aliphatic carbocycles. The minimum Gasteiger partial charge on any atom is -0.354 e. The van der Waals surface area contributed by atoms with Crippen molar-refractivity contribution in [2.75, 3.05) is 57.8 Å². The Labute approximate surface area is 148 Å². The van der Waals surface area contributed by atoms with Crippen molar-refractivity contribution in [3.63, 3.8) is 0 Å². The summed E-state index contributed by atoms with van der Waals surface area (Å²) in [5, 5.41) is 0. The van der Waals surface area contributed by atoms with Crippen LogP contribution in [0.25, 0.3) is 0 Å². The molecular formula is C18H25N5O2. The van der Waals surface area contributed by atoms with Crippen LogP contribution in [0.5, 0.6) is 0 Å². The van der Waals surface area contributed by atoms with Crippen molar-refractivity contribution < 1.29 is 9.59 Å². The molecule has 4 rings (SSSR count). The minimum absolute atomic E-state index is 0.0843. The van der Waals surface area contributed by atoms with E-state index in [0.717, 1.165) is 45.1 Å². The lowest BCUT2D eigenvalue weighted by molar-refractivity contribution is -0.143. The summed E-state index contributed by atoms with van der Waals surface area (Å²) in [6.07, 6.45) is 2.21. The van der Waals surface area contributed by atoms with Gasteiger partial charge >= 0.3 is 0 Å². The Morgan fingerprint density at radius 2 is 1.88 bits per heavy atom. The molecule has 25 heavy (non-hydrogen) atoms. The molecular weight excluding hydrogens is 318 g/mol. The number of hydrogen-bond acceptors (Lipinski definition) is 5. The molecule has 2 amide bonds. The first kappa shape index (κ1) is 16.3. The van der Waals surface area contributed by atoms with Gasteiger partial charge in [-0.2, -0.15) is 0 Å². The van der Waals surface area contributed by atoms with Crippen molar-refractivity contribution in [1.29, 1.82) is 0 Å². The van der Waals surface area contributed by atoms with Gasteiger partial charge in [-0.05, 0) is 12.1 Å². The summed E-state index contributed by atoms with van der Waals surface area (Å²) in [5.41, 5.74) is 0. The number of hydrogen-bond donors (Lipinski definition) is 0. The quantitative estimate of drug-likeness (QED) is 0.767. The van der Waals surface area contributed by atoms with Crippen molar-refractivity contribution in [2.24, 2.45) is 5.92 Å². The Kier molecular flexibility index (Phi) is 4.33. The molecule has 3 fully saturated rings. The van der Waals surface area contributed by atoms with Crippen molar-refractivity contribution in [1.82, 2.24) is 19.7 Å². The zero-order chi connectivity index (χ0) is 17.4. The van der Waals surface area contributed by atoms with Gasteiger partial charge in [0.25, 0.3) is 0 Å². The first-order valence-corrected chi connectivity index (χ1v) is 9.04. The summed E-state index contributed by atoms with van der Waals surface area (Å²) < 4.78 is 0. The van der Waals surface area contributed by atoms with Gasteiger partial charge in [-0.3, -0.25) is 14.5 Å². The highest BCUT2D eigenvalue weighted by atomic mass is 16.2. The number of carbonyl (C=O) groups excluding carboxylic acids is 2. The highest BCUT2D eigenvalue weighted by Gasteiger charge is 2.41. The molecule has 1 aromatic heterocycles. The van der Waals surface area contributed by atoms with E-state index in [-0.39, 0.29) is 17.7 Å². The Morgan fingerprint density at radius 3 is 2.48 bits per heavy atom. The molecule has 0 bridgehead atoms. The second-order valence-electron chi connectivity index (χ2n) is 7.28. The fourth-order valence-electron chi connectivity index (χ4n) is 4.01. The Hall–Kier alpha value is -2.15. The van der Waals surface area contributed by atoms with E-state index in [1.54, 1.807) is 11.9 Å². The summed E-state index contributed by atoms with van der Waals surface area (Å²) in [4.78, 5) is 36.9. The third-order valence-corrected chi connectivity index (χ3v) is 5.67. The zero-order valence-corrected chi connectivity index (χ0v) is 14.7. The highest BCUT2D eigenvalue weighted by molar-refractivity contribution is 5.89.